The first kappa shape index (κ1) is 16.0. The van der Waals surface area contributed by atoms with Crippen molar-refractivity contribution < 1.29 is 19.2 Å². The fourth-order valence-electron chi connectivity index (χ4n) is 2.22. The van der Waals surface area contributed by atoms with Gasteiger partial charge < -0.3 is 4.74 Å². The van der Waals surface area contributed by atoms with Crippen molar-refractivity contribution in [3.8, 4) is 0 Å². The van der Waals surface area contributed by atoms with Crippen molar-refractivity contribution in [3.63, 3.8) is 0 Å². The van der Waals surface area contributed by atoms with E-state index in [0.717, 1.165) is 0 Å². The van der Waals surface area contributed by atoms with E-state index in [2.05, 4.69) is 12.1 Å². The molecule has 6 heteroatoms. The molecule has 2 rings (SSSR count). The molecule has 1 N–H and O–H groups in total. The van der Waals surface area contributed by atoms with Crippen LogP contribution in [0.3, 0.4) is 0 Å². The first-order chi connectivity index (χ1) is 10.6. The third-order valence-corrected chi connectivity index (χ3v) is 3.26. The van der Waals surface area contributed by atoms with Gasteiger partial charge in [-0.15, -0.1) is 0 Å². The van der Waals surface area contributed by atoms with E-state index >= 15 is 0 Å². The lowest BCUT2D eigenvalue weighted by atomic mass is 10.1. The van der Waals surface area contributed by atoms with Crippen LogP contribution in [0.25, 0.3) is 0 Å². The van der Waals surface area contributed by atoms with E-state index in [9.17, 15) is 9.59 Å². The number of amides is 2. The maximum Gasteiger partial charge on any atom is 0.261 e. The summed E-state index contributed by atoms with van der Waals surface area (Å²) in [4.78, 5) is 30.7. The summed E-state index contributed by atoms with van der Waals surface area (Å²) in [6.45, 7) is 6.82. The number of unbranched alkanes of at least 4 members (excludes halogenated alkanes) is 1. The van der Waals surface area contributed by atoms with Crippen LogP contribution in [-0.2, 0) is 9.57 Å². The summed E-state index contributed by atoms with van der Waals surface area (Å²) in [7, 11) is 0. The Morgan fingerprint density at radius 1 is 1.18 bits per heavy atom. The molecule has 0 spiro atoms. The SMILES string of the molecule is C=C(NOCCCCN1C(=O)c2ccccc2C1=O)OCC. The lowest BCUT2D eigenvalue weighted by Gasteiger charge is -2.14. The standard InChI is InChI=1S/C16H20N2O4/c1-3-21-12(2)17-22-11-7-6-10-18-15(19)13-8-4-5-9-14(13)16(18)20/h4-5,8-9,17H,2-3,6-7,10-11H2,1H3. The third kappa shape index (κ3) is 3.65. The number of ether oxygens (including phenoxy) is 1. The van der Waals surface area contributed by atoms with Crippen LogP contribution in [0.15, 0.2) is 36.7 Å². The molecule has 22 heavy (non-hydrogen) atoms. The molecule has 0 aromatic heterocycles. The summed E-state index contributed by atoms with van der Waals surface area (Å²) in [5.41, 5.74) is 3.55. The lowest BCUT2D eigenvalue weighted by Crippen LogP contribution is -2.31. The molecule has 1 aromatic rings. The van der Waals surface area contributed by atoms with Crippen molar-refractivity contribution in [2.75, 3.05) is 19.8 Å². The molecule has 0 saturated heterocycles. The van der Waals surface area contributed by atoms with Crippen LogP contribution in [-0.4, -0.2) is 36.5 Å². The normalized spacial score (nSPS) is 13.2. The van der Waals surface area contributed by atoms with Gasteiger partial charge in [0, 0.05) is 6.54 Å². The van der Waals surface area contributed by atoms with Gasteiger partial charge in [-0.2, -0.15) is 0 Å². The number of benzene rings is 1. The van der Waals surface area contributed by atoms with E-state index in [4.69, 9.17) is 9.57 Å². The number of hydrogen-bond donors (Lipinski definition) is 1. The van der Waals surface area contributed by atoms with Crippen LogP contribution < -0.4 is 5.48 Å². The zero-order valence-corrected chi connectivity index (χ0v) is 12.6. The van der Waals surface area contributed by atoms with E-state index < -0.39 is 0 Å². The number of nitrogens with one attached hydrogen (secondary N) is 1. The van der Waals surface area contributed by atoms with Gasteiger partial charge in [0.2, 0.25) is 5.88 Å². The Kier molecular flexibility index (Phi) is 5.55. The summed E-state index contributed by atoms with van der Waals surface area (Å²) in [5.74, 6) is -0.0726. The van der Waals surface area contributed by atoms with Gasteiger partial charge in [-0.3, -0.25) is 19.3 Å². The number of imide groups is 1. The molecule has 0 bridgehead atoms. The molecular formula is C16H20N2O4. The molecule has 0 unspecified atom stereocenters. The summed E-state index contributed by atoms with van der Waals surface area (Å²) in [6.07, 6.45) is 1.38. The van der Waals surface area contributed by atoms with Crippen LogP contribution in [0.2, 0.25) is 0 Å². The number of carbonyl (C=O) groups excluding carboxylic acids is 2. The Morgan fingerprint density at radius 3 is 2.41 bits per heavy atom. The van der Waals surface area contributed by atoms with Crippen molar-refractivity contribution in [1.29, 1.82) is 0 Å². The van der Waals surface area contributed by atoms with Crippen molar-refractivity contribution in [3.05, 3.63) is 47.9 Å². The molecule has 6 nitrogen and oxygen atoms in total. The number of rotatable bonds is 9. The molecule has 0 radical (unpaired) electrons. The van der Waals surface area contributed by atoms with Crippen molar-refractivity contribution in [2.24, 2.45) is 0 Å². The number of hydrogen-bond acceptors (Lipinski definition) is 5. The molecule has 0 aliphatic carbocycles. The summed E-state index contributed by atoms with van der Waals surface area (Å²) in [5, 5.41) is 0. The highest BCUT2D eigenvalue weighted by molar-refractivity contribution is 6.21. The lowest BCUT2D eigenvalue weighted by molar-refractivity contribution is 0.0142. The van der Waals surface area contributed by atoms with Gasteiger partial charge in [-0.1, -0.05) is 12.1 Å². The van der Waals surface area contributed by atoms with E-state index in [1.54, 1.807) is 24.3 Å². The summed E-state index contributed by atoms with van der Waals surface area (Å²) >= 11 is 0. The van der Waals surface area contributed by atoms with Crippen LogP contribution >= 0.6 is 0 Å². The van der Waals surface area contributed by atoms with E-state index in [0.29, 0.717) is 49.6 Å². The first-order valence-electron chi connectivity index (χ1n) is 7.30. The number of nitrogens with zero attached hydrogens (tertiary/aromatic N) is 1. The Labute approximate surface area is 129 Å². The monoisotopic (exact) mass is 304 g/mol. The molecule has 1 heterocycles. The average Bonchev–Trinajstić information content (AvgIpc) is 2.76. The highest BCUT2D eigenvalue weighted by atomic mass is 16.7. The fourth-order valence-corrected chi connectivity index (χ4v) is 2.22. The molecule has 1 aliphatic heterocycles. The summed E-state index contributed by atoms with van der Waals surface area (Å²) < 4.78 is 5.07. The molecule has 118 valence electrons. The van der Waals surface area contributed by atoms with Gasteiger partial charge in [0.1, 0.15) is 0 Å². The van der Waals surface area contributed by atoms with Crippen molar-refractivity contribution in [1.82, 2.24) is 10.4 Å². The van der Waals surface area contributed by atoms with E-state index in [-0.39, 0.29) is 11.8 Å². The maximum atomic E-state index is 12.1. The Morgan fingerprint density at radius 2 is 1.82 bits per heavy atom. The minimum Gasteiger partial charge on any atom is -0.478 e. The van der Waals surface area contributed by atoms with Gasteiger partial charge in [-0.05, 0) is 38.5 Å². The molecule has 0 atom stereocenters. The predicted molar refractivity (Wildman–Crippen MR) is 80.9 cm³/mol. The highest BCUT2D eigenvalue weighted by Crippen LogP contribution is 2.22. The molecule has 1 aromatic carbocycles. The van der Waals surface area contributed by atoms with Crippen molar-refractivity contribution in [2.45, 2.75) is 19.8 Å². The molecular weight excluding hydrogens is 284 g/mol. The number of hydroxylamine groups is 1. The van der Waals surface area contributed by atoms with Crippen LogP contribution in [0.4, 0.5) is 0 Å². The topological polar surface area (TPSA) is 67.9 Å². The van der Waals surface area contributed by atoms with E-state index in [1.165, 1.54) is 4.90 Å². The second-order valence-electron chi connectivity index (χ2n) is 4.82. The van der Waals surface area contributed by atoms with Crippen molar-refractivity contribution >= 4 is 11.8 Å². The molecule has 1 aliphatic rings. The average molecular weight is 304 g/mol. The zero-order valence-electron chi connectivity index (χ0n) is 12.6. The quantitative estimate of drug-likeness (QED) is 0.327. The Balaban J connectivity index is 1.70. The van der Waals surface area contributed by atoms with Crippen LogP contribution in [0, 0.1) is 0 Å². The second-order valence-corrected chi connectivity index (χ2v) is 4.82. The first-order valence-corrected chi connectivity index (χ1v) is 7.30. The van der Waals surface area contributed by atoms with Gasteiger partial charge in [0.15, 0.2) is 0 Å². The second kappa shape index (κ2) is 7.61. The highest BCUT2D eigenvalue weighted by Gasteiger charge is 2.34. The minimum absolute atomic E-state index is 0.218. The number of carbonyl (C=O) groups is 2. The zero-order chi connectivity index (χ0) is 15.9. The smallest absolute Gasteiger partial charge is 0.261 e. The fraction of sp³-hybridized carbons (Fsp3) is 0.375. The van der Waals surface area contributed by atoms with Gasteiger partial charge in [0.25, 0.3) is 11.8 Å². The van der Waals surface area contributed by atoms with Crippen LogP contribution in [0.1, 0.15) is 40.5 Å². The molecule has 0 saturated carbocycles. The molecule has 0 fully saturated rings. The Bertz CT molecular complexity index is 536. The van der Waals surface area contributed by atoms with E-state index in [1.807, 2.05) is 6.92 Å². The predicted octanol–water partition coefficient (Wildman–Crippen LogP) is 2.09. The maximum absolute atomic E-state index is 12.1. The summed E-state index contributed by atoms with van der Waals surface area (Å²) in [6, 6.07) is 6.89. The van der Waals surface area contributed by atoms with Gasteiger partial charge in [-0.25, -0.2) is 5.48 Å². The number of fused-ring (bicyclic) bond motifs is 1. The molecule has 2 amide bonds. The third-order valence-electron chi connectivity index (χ3n) is 3.26. The van der Waals surface area contributed by atoms with Gasteiger partial charge >= 0.3 is 0 Å². The Hall–Kier alpha value is -2.34. The minimum atomic E-state index is -0.218. The largest absolute Gasteiger partial charge is 0.478 e. The van der Waals surface area contributed by atoms with Gasteiger partial charge in [0.05, 0.1) is 24.3 Å². The van der Waals surface area contributed by atoms with Crippen LogP contribution in [0.5, 0.6) is 0 Å².